The van der Waals surface area contributed by atoms with Crippen LogP contribution < -0.4 is 5.32 Å². The van der Waals surface area contributed by atoms with Gasteiger partial charge in [-0.25, -0.2) is 4.98 Å². The molecule has 0 spiro atoms. The second-order valence-electron chi connectivity index (χ2n) is 5.94. The molecule has 4 nitrogen and oxygen atoms in total. The first kappa shape index (κ1) is 14.8. The molecule has 1 N–H and O–H groups in total. The molecular formula is C16H23N3OS. The highest BCUT2D eigenvalue weighted by Gasteiger charge is 2.20. The van der Waals surface area contributed by atoms with Gasteiger partial charge < -0.3 is 9.73 Å². The Morgan fingerprint density at radius 1 is 1.52 bits per heavy atom. The van der Waals surface area contributed by atoms with E-state index in [2.05, 4.69) is 29.4 Å². The summed E-state index contributed by atoms with van der Waals surface area (Å²) >= 11 is 1.66. The highest BCUT2D eigenvalue weighted by Crippen LogP contribution is 2.25. The van der Waals surface area contributed by atoms with Gasteiger partial charge in [-0.05, 0) is 45.4 Å². The van der Waals surface area contributed by atoms with E-state index in [-0.39, 0.29) is 0 Å². The summed E-state index contributed by atoms with van der Waals surface area (Å²) in [5, 5.41) is 6.70. The maximum Gasteiger partial charge on any atom is 0.162 e. The minimum absolute atomic E-state index is 0.529. The zero-order chi connectivity index (χ0) is 14.7. The summed E-state index contributed by atoms with van der Waals surface area (Å²) in [6, 6.07) is 5.03. The van der Waals surface area contributed by atoms with Crippen LogP contribution in [0.15, 0.2) is 28.2 Å². The molecule has 1 saturated heterocycles. The largest absolute Gasteiger partial charge is 0.462 e. The van der Waals surface area contributed by atoms with Gasteiger partial charge in [-0.1, -0.05) is 0 Å². The Hall–Kier alpha value is -1.17. The predicted molar refractivity (Wildman–Crippen MR) is 86.4 cm³/mol. The number of hydrogen-bond donors (Lipinski definition) is 1. The van der Waals surface area contributed by atoms with Crippen molar-refractivity contribution in [3.8, 4) is 10.8 Å². The monoisotopic (exact) mass is 305 g/mol. The van der Waals surface area contributed by atoms with Gasteiger partial charge in [0.25, 0.3) is 0 Å². The Morgan fingerprint density at radius 3 is 3.10 bits per heavy atom. The Balaban J connectivity index is 1.65. The number of aromatic nitrogens is 1. The molecule has 1 atom stereocenters. The fraction of sp³-hybridized carbons (Fsp3) is 0.562. The number of furan rings is 1. The zero-order valence-electron chi connectivity index (χ0n) is 12.7. The van der Waals surface area contributed by atoms with Crippen molar-refractivity contribution in [2.24, 2.45) is 0 Å². The van der Waals surface area contributed by atoms with Crippen LogP contribution in [0.1, 0.15) is 32.4 Å². The Bertz CT molecular complexity index is 544. The molecule has 3 rings (SSSR count). The number of hydrogen-bond acceptors (Lipinski definition) is 5. The summed E-state index contributed by atoms with van der Waals surface area (Å²) in [4.78, 5) is 7.22. The van der Waals surface area contributed by atoms with Crippen molar-refractivity contribution in [3.63, 3.8) is 0 Å². The smallest absolute Gasteiger partial charge is 0.162 e. The summed E-state index contributed by atoms with van der Waals surface area (Å²) in [6.07, 6.45) is 4.29. The summed E-state index contributed by atoms with van der Waals surface area (Å²) < 4.78 is 5.42. The predicted octanol–water partition coefficient (Wildman–Crippen LogP) is 3.37. The highest BCUT2D eigenvalue weighted by atomic mass is 32.1. The topological polar surface area (TPSA) is 41.3 Å². The second kappa shape index (κ2) is 6.73. The molecule has 0 saturated carbocycles. The van der Waals surface area contributed by atoms with Crippen LogP contribution in [-0.2, 0) is 6.54 Å². The first-order valence-corrected chi connectivity index (χ1v) is 8.56. The van der Waals surface area contributed by atoms with E-state index in [0.29, 0.717) is 12.1 Å². The molecule has 0 aliphatic carbocycles. The number of rotatable bonds is 6. The van der Waals surface area contributed by atoms with E-state index < -0.39 is 0 Å². The highest BCUT2D eigenvalue weighted by molar-refractivity contribution is 7.13. The van der Waals surface area contributed by atoms with Crippen molar-refractivity contribution >= 4 is 11.3 Å². The van der Waals surface area contributed by atoms with Gasteiger partial charge in [0.2, 0.25) is 0 Å². The van der Waals surface area contributed by atoms with Crippen LogP contribution in [0.5, 0.6) is 0 Å². The van der Waals surface area contributed by atoms with Crippen molar-refractivity contribution in [1.82, 2.24) is 15.2 Å². The average Bonchev–Trinajstić information content (AvgIpc) is 3.20. The van der Waals surface area contributed by atoms with E-state index in [1.165, 1.54) is 12.8 Å². The summed E-state index contributed by atoms with van der Waals surface area (Å²) in [6.45, 7) is 7.69. The molecule has 0 aromatic carbocycles. The molecule has 5 heteroatoms. The van der Waals surface area contributed by atoms with E-state index in [9.17, 15) is 0 Å². The number of thiazole rings is 1. The standard InChI is InChI=1S/C16H23N3OS/c1-12(2)19(9-13-5-3-7-17-13)10-14-11-21-16(18-14)15-6-4-8-20-15/h4,6,8,11-13,17H,3,5,7,9-10H2,1-2H3. The molecule has 21 heavy (non-hydrogen) atoms. The van der Waals surface area contributed by atoms with Crippen LogP contribution in [0.25, 0.3) is 10.8 Å². The van der Waals surface area contributed by atoms with Gasteiger partial charge in [0, 0.05) is 30.6 Å². The van der Waals surface area contributed by atoms with Gasteiger partial charge in [0.1, 0.15) is 0 Å². The van der Waals surface area contributed by atoms with Crippen LogP contribution in [-0.4, -0.2) is 35.1 Å². The molecule has 3 heterocycles. The summed E-state index contributed by atoms with van der Waals surface area (Å²) in [5.41, 5.74) is 1.14. The molecule has 114 valence electrons. The minimum atomic E-state index is 0.529. The van der Waals surface area contributed by atoms with Crippen LogP contribution in [0.3, 0.4) is 0 Å². The molecular weight excluding hydrogens is 282 g/mol. The van der Waals surface area contributed by atoms with Crippen LogP contribution in [0, 0.1) is 0 Å². The van der Waals surface area contributed by atoms with E-state index in [1.807, 2.05) is 12.1 Å². The third kappa shape index (κ3) is 3.73. The third-order valence-electron chi connectivity index (χ3n) is 4.00. The van der Waals surface area contributed by atoms with E-state index in [1.54, 1.807) is 17.6 Å². The molecule has 2 aromatic heterocycles. The maximum absolute atomic E-state index is 5.42. The zero-order valence-corrected chi connectivity index (χ0v) is 13.5. The Kier molecular flexibility index (Phi) is 4.73. The lowest BCUT2D eigenvalue weighted by Crippen LogP contribution is -2.40. The molecule has 1 aliphatic heterocycles. The van der Waals surface area contributed by atoms with Crippen LogP contribution in [0.4, 0.5) is 0 Å². The van der Waals surface area contributed by atoms with E-state index in [4.69, 9.17) is 9.40 Å². The second-order valence-corrected chi connectivity index (χ2v) is 6.80. The summed E-state index contributed by atoms with van der Waals surface area (Å²) in [5.74, 6) is 0.861. The van der Waals surface area contributed by atoms with Crippen LogP contribution >= 0.6 is 11.3 Å². The van der Waals surface area contributed by atoms with Crippen molar-refractivity contribution in [1.29, 1.82) is 0 Å². The van der Waals surface area contributed by atoms with Crippen LogP contribution in [0.2, 0.25) is 0 Å². The molecule has 0 radical (unpaired) electrons. The average molecular weight is 305 g/mol. The lowest BCUT2D eigenvalue weighted by Gasteiger charge is -2.28. The van der Waals surface area contributed by atoms with Gasteiger partial charge in [-0.15, -0.1) is 11.3 Å². The summed E-state index contributed by atoms with van der Waals surface area (Å²) in [7, 11) is 0. The number of nitrogens with one attached hydrogen (secondary N) is 1. The quantitative estimate of drug-likeness (QED) is 0.888. The Labute approximate surface area is 130 Å². The minimum Gasteiger partial charge on any atom is -0.462 e. The molecule has 1 unspecified atom stereocenters. The van der Waals surface area contributed by atoms with Gasteiger partial charge in [0.05, 0.1) is 12.0 Å². The van der Waals surface area contributed by atoms with E-state index in [0.717, 1.165) is 36.1 Å². The van der Waals surface area contributed by atoms with Gasteiger partial charge in [-0.2, -0.15) is 0 Å². The molecule has 1 fully saturated rings. The number of nitrogens with zero attached hydrogens (tertiary/aromatic N) is 2. The fourth-order valence-electron chi connectivity index (χ4n) is 2.75. The SMILES string of the molecule is CC(C)N(Cc1csc(-c2ccco2)n1)CC1CCCN1. The van der Waals surface area contributed by atoms with Crippen molar-refractivity contribution in [3.05, 3.63) is 29.5 Å². The maximum atomic E-state index is 5.42. The first-order chi connectivity index (χ1) is 10.2. The molecule has 2 aromatic rings. The normalized spacial score (nSPS) is 19.0. The van der Waals surface area contributed by atoms with Crippen molar-refractivity contribution in [2.45, 2.75) is 45.3 Å². The molecule has 1 aliphatic rings. The van der Waals surface area contributed by atoms with Crippen molar-refractivity contribution < 1.29 is 4.42 Å². The first-order valence-electron chi connectivity index (χ1n) is 7.68. The fourth-order valence-corrected chi connectivity index (χ4v) is 3.53. The van der Waals surface area contributed by atoms with E-state index >= 15 is 0 Å². The van der Waals surface area contributed by atoms with Gasteiger partial charge in [-0.3, -0.25) is 4.90 Å². The van der Waals surface area contributed by atoms with Gasteiger partial charge >= 0.3 is 0 Å². The van der Waals surface area contributed by atoms with Gasteiger partial charge in [0.15, 0.2) is 10.8 Å². The Morgan fingerprint density at radius 2 is 2.43 bits per heavy atom. The third-order valence-corrected chi connectivity index (χ3v) is 4.90. The lowest BCUT2D eigenvalue weighted by atomic mass is 10.2. The molecule has 0 bridgehead atoms. The molecule has 0 amide bonds. The lowest BCUT2D eigenvalue weighted by molar-refractivity contribution is 0.192. The van der Waals surface area contributed by atoms with Crippen molar-refractivity contribution in [2.75, 3.05) is 13.1 Å².